The van der Waals surface area contributed by atoms with E-state index in [-0.39, 0.29) is 5.97 Å². The number of nitrogens with one attached hydrogen (secondary N) is 1. The molecule has 0 atom stereocenters. The molecule has 0 aliphatic heterocycles. The smallest absolute Gasteiger partial charge is 0.337 e. The van der Waals surface area contributed by atoms with Crippen LogP contribution in [0.2, 0.25) is 0 Å². The lowest BCUT2D eigenvalue weighted by Gasteiger charge is -2.04. The summed E-state index contributed by atoms with van der Waals surface area (Å²) in [5.74, 6) is -0.355. The van der Waals surface area contributed by atoms with Gasteiger partial charge in [0, 0.05) is 28.9 Å². The first-order valence-electron chi connectivity index (χ1n) is 5.90. The summed E-state index contributed by atoms with van der Waals surface area (Å²) in [7, 11) is 1.37. The Labute approximate surface area is 110 Å². The first-order chi connectivity index (χ1) is 9.28. The first-order valence-corrected chi connectivity index (χ1v) is 5.90. The van der Waals surface area contributed by atoms with Gasteiger partial charge in [-0.2, -0.15) is 0 Å². The van der Waals surface area contributed by atoms with Crippen molar-refractivity contribution in [1.82, 2.24) is 9.97 Å². The lowest BCUT2D eigenvalue weighted by atomic mass is 10.1. The molecule has 0 fully saturated rings. The van der Waals surface area contributed by atoms with E-state index < -0.39 is 0 Å². The fourth-order valence-electron chi connectivity index (χ4n) is 2.05. The maximum Gasteiger partial charge on any atom is 0.337 e. The van der Waals surface area contributed by atoms with Crippen LogP contribution in [0.5, 0.6) is 0 Å². The third kappa shape index (κ3) is 2.08. The van der Waals surface area contributed by atoms with Gasteiger partial charge in [-0.15, -0.1) is 0 Å². The number of nitrogens with zero attached hydrogens (tertiary/aromatic N) is 1. The van der Waals surface area contributed by atoms with Crippen LogP contribution in [0.25, 0.3) is 22.2 Å². The highest BCUT2D eigenvalue weighted by atomic mass is 16.5. The molecule has 3 aromatic rings. The van der Waals surface area contributed by atoms with Crippen molar-refractivity contribution in [3.63, 3.8) is 0 Å². The van der Waals surface area contributed by atoms with Crippen LogP contribution >= 0.6 is 0 Å². The third-order valence-corrected chi connectivity index (χ3v) is 3.03. The Morgan fingerprint density at radius 3 is 2.95 bits per heavy atom. The van der Waals surface area contributed by atoms with Gasteiger partial charge in [0.1, 0.15) is 0 Å². The molecule has 0 aliphatic rings. The molecule has 0 unspecified atom stereocenters. The minimum Gasteiger partial charge on any atom is -0.465 e. The summed E-state index contributed by atoms with van der Waals surface area (Å²) in [5, 5.41) is 1.11. The predicted octanol–water partition coefficient (Wildman–Crippen LogP) is 3.02. The fourth-order valence-corrected chi connectivity index (χ4v) is 2.05. The molecule has 19 heavy (non-hydrogen) atoms. The SMILES string of the molecule is COC(=O)c1ccnc(-c2ccc3[nH]ccc3c2)c1. The summed E-state index contributed by atoms with van der Waals surface area (Å²) in [6.07, 6.45) is 3.51. The quantitative estimate of drug-likeness (QED) is 0.713. The summed E-state index contributed by atoms with van der Waals surface area (Å²) in [6, 6.07) is 11.4. The van der Waals surface area contributed by atoms with E-state index in [1.165, 1.54) is 7.11 Å². The van der Waals surface area contributed by atoms with E-state index in [1.807, 2.05) is 30.5 Å². The third-order valence-electron chi connectivity index (χ3n) is 3.03. The zero-order valence-corrected chi connectivity index (χ0v) is 10.4. The molecule has 0 saturated heterocycles. The van der Waals surface area contributed by atoms with Crippen LogP contribution in [0.3, 0.4) is 0 Å². The number of fused-ring (bicyclic) bond motifs is 1. The van der Waals surface area contributed by atoms with Gasteiger partial charge in [0.2, 0.25) is 0 Å². The van der Waals surface area contributed by atoms with E-state index in [4.69, 9.17) is 4.74 Å². The van der Waals surface area contributed by atoms with Crippen LogP contribution in [-0.4, -0.2) is 23.0 Å². The van der Waals surface area contributed by atoms with Crippen LogP contribution < -0.4 is 0 Å². The molecule has 2 aromatic heterocycles. The van der Waals surface area contributed by atoms with E-state index in [0.717, 1.165) is 22.2 Å². The number of hydrogen-bond donors (Lipinski definition) is 1. The zero-order chi connectivity index (χ0) is 13.2. The number of aromatic nitrogens is 2. The van der Waals surface area contributed by atoms with Crippen LogP contribution in [-0.2, 0) is 4.74 Å². The van der Waals surface area contributed by atoms with Crippen molar-refractivity contribution in [2.24, 2.45) is 0 Å². The average molecular weight is 252 g/mol. The van der Waals surface area contributed by atoms with Gasteiger partial charge in [0.05, 0.1) is 18.4 Å². The predicted molar refractivity (Wildman–Crippen MR) is 72.9 cm³/mol. The Morgan fingerprint density at radius 2 is 2.11 bits per heavy atom. The first kappa shape index (κ1) is 11.5. The Balaban J connectivity index is 2.07. The van der Waals surface area contributed by atoms with Gasteiger partial charge in [0.15, 0.2) is 0 Å². The lowest BCUT2D eigenvalue weighted by molar-refractivity contribution is 0.0600. The van der Waals surface area contributed by atoms with Crippen molar-refractivity contribution in [3.8, 4) is 11.3 Å². The molecule has 0 radical (unpaired) electrons. The monoisotopic (exact) mass is 252 g/mol. The van der Waals surface area contributed by atoms with E-state index in [2.05, 4.69) is 9.97 Å². The number of methoxy groups -OCH3 is 1. The Morgan fingerprint density at radius 1 is 1.21 bits per heavy atom. The van der Waals surface area contributed by atoms with Crippen LogP contribution in [0.1, 0.15) is 10.4 Å². The van der Waals surface area contributed by atoms with Crippen LogP contribution in [0.4, 0.5) is 0 Å². The maximum atomic E-state index is 11.5. The molecule has 4 nitrogen and oxygen atoms in total. The highest BCUT2D eigenvalue weighted by Gasteiger charge is 2.08. The van der Waals surface area contributed by atoms with Gasteiger partial charge < -0.3 is 9.72 Å². The molecule has 0 saturated carbocycles. The van der Waals surface area contributed by atoms with Gasteiger partial charge in [-0.3, -0.25) is 4.98 Å². The van der Waals surface area contributed by atoms with Crippen molar-refractivity contribution in [2.45, 2.75) is 0 Å². The van der Waals surface area contributed by atoms with E-state index in [1.54, 1.807) is 18.3 Å². The van der Waals surface area contributed by atoms with Crippen molar-refractivity contribution < 1.29 is 9.53 Å². The summed E-state index contributed by atoms with van der Waals surface area (Å²) in [4.78, 5) is 19.0. The molecule has 4 heteroatoms. The molecular formula is C15H12N2O2. The minimum absolute atomic E-state index is 0.355. The minimum atomic E-state index is -0.355. The second-order valence-electron chi connectivity index (χ2n) is 4.20. The molecule has 3 rings (SSSR count). The van der Waals surface area contributed by atoms with Gasteiger partial charge in [-0.25, -0.2) is 4.79 Å². The van der Waals surface area contributed by atoms with Gasteiger partial charge >= 0.3 is 5.97 Å². The molecular weight excluding hydrogens is 240 g/mol. The number of hydrogen-bond acceptors (Lipinski definition) is 3. The highest BCUT2D eigenvalue weighted by molar-refractivity contribution is 5.91. The zero-order valence-electron chi connectivity index (χ0n) is 10.4. The van der Waals surface area contributed by atoms with Crippen molar-refractivity contribution in [3.05, 3.63) is 54.4 Å². The number of ether oxygens (including phenoxy) is 1. The number of aromatic amines is 1. The maximum absolute atomic E-state index is 11.5. The van der Waals surface area contributed by atoms with Crippen molar-refractivity contribution in [1.29, 1.82) is 0 Å². The van der Waals surface area contributed by atoms with Crippen LogP contribution in [0, 0.1) is 0 Å². The number of esters is 1. The summed E-state index contributed by atoms with van der Waals surface area (Å²) < 4.78 is 4.71. The van der Waals surface area contributed by atoms with E-state index in [9.17, 15) is 4.79 Å². The van der Waals surface area contributed by atoms with Crippen molar-refractivity contribution in [2.75, 3.05) is 7.11 Å². The van der Waals surface area contributed by atoms with Gasteiger partial charge in [-0.1, -0.05) is 6.07 Å². The topological polar surface area (TPSA) is 55.0 Å². The second kappa shape index (κ2) is 4.57. The summed E-state index contributed by atoms with van der Waals surface area (Å²) in [5.41, 5.74) is 3.30. The van der Waals surface area contributed by atoms with Gasteiger partial charge in [-0.05, 0) is 30.3 Å². The molecule has 0 amide bonds. The molecule has 94 valence electrons. The molecule has 0 bridgehead atoms. The number of benzene rings is 1. The molecule has 0 spiro atoms. The molecule has 0 aliphatic carbocycles. The summed E-state index contributed by atoms with van der Waals surface area (Å²) >= 11 is 0. The molecule has 1 aromatic carbocycles. The van der Waals surface area contributed by atoms with Crippen molar-refractivity contribution >= 4 is 16.9 Å². The number of H-pyrrole nitrogens is 1. The lowest BCUT2D eigenvalue weighted by Crippen LogP contribution is -2.01. The Bertz CT molecular complexity index is 746. The largest absolute Gasteiger partial charge is 0.465 e. The number of pyridine rings is 1. The Hall–Kier alpha value is -2.62. The number of rotatable bonds is 2. The van der Waals surface area contributed by atoms with E-state index in [0.29, 0.717) is 5.56 Å². The second-order valence-corrected chi connectivity index (χ2v) is 4.20. The standard InChI is InChI=1S/C15H12N2O2/c1-19-15(18)12-5-7-17-14(9-12)10-2-3-13-11(8-10)4-6-16-13/h2-9,16H,1H3. The molecule has 1 N–H and O–H groups in total. The van der Waals surface area contributed by atoms with Gasteiger partial charge in [0.25, 0.3) is 0 Å². The number of carbonyl (C=O) groups is 1. The van der Waals surface area contributed by atoms with Crippen LogP contribution in [0.15, 0.2) is 48.8 Å². The fraction of sp³-hybridized carbons (Fsp3) is 0.0667. The Kier molecular flexibility index (Phi) is 2.76. The van der Waals surface area contributed by atoms with E-state index >= 15 is 0 Å². The number of carbonyl (C=O) groups excluding carboxylic acids is 1. The molecule has 2 heterocycles. The summed E-state index contributed by atoms with van der Waals surface area (Å²) in [6.45, 7) is 0. The highest BCUT2D eigenvalue weighted by Crippen LogP contribution is 2.23. The average Bonchev–Trinajstić information content (AvgIpc) is 2.94. The normalized spacial score (nSPS) is 10.6.